The highest BCUT2D eigenvalue weighted by molar-refractivity contribution is 6.09. The molecule has 4 heterocycles. The molecule has 0 saturated heterocycles. The number of methoxy groups -OCH3 is 1. The molecule has 0 atom stereocenters. The number of carbonyl (C=O) groups excluding carboxylic acids is 2. The summed E-state index contributed by atoms with van der Waals surface area (Å²) in [6.07, 6.45) is 12.9. The zero-order valence-corrected chi connectivity index (χ0v) is 22.5. The molecular formula is C29H26N8O5. The van der Waals surface area contributed by atoms with Crippen molar-refractivity contribution in [3.8, 4) is 11.5 Å². The number of carbonyl (C=O) groups is 2. The molecule has 13 heteroatoms. The number of anilines is 1. The third kappa shape index (κ3) is 5.19. The highest BCUT2D eigenvalue weighted by Gasteiger charge is 2.27. The van der Waals surface area contributed by atoms with E-state index in [0.717, 1.165) is 47.5 Å². The van der Waals surface area contributed by atoms with Gasteiger partial charge in [0, 0.05) is 35.3 Å². The SMILES string of the molecule is COC(=O)c1cc2cn[nH]c2cc1OC1CC1.O=C(Nc1cnn2cccnc12)c1cc2cn[nH]c2cc1OC1CC1. The first-order valence-corrected chi connectivity index (χ1v) is 13.5. The molecule has 2 fully saturated rings. The van der Waals surface area contributed by atoms with Crippen LogP contribution in [-0.4, -0.2) is 66.2 Å². The number of ether oxygens (including phenoxy) is 3. The number of aromatic nitrogens is 7. The van der Waals surface area contributed by atoms with Crippen LogP contribution in [0.2, 0.25) is 0 Å². The third-order valence-corrected chi connectivity index (χ3v) is 6.89. The molecule has 1 amide bonds. The molecule has 4 aromatic heterocycles. The van der Waals surface area contributed by atoms with E-state index in [-0.39, 0.29) is 24.1 Å². The fourth-order valence-corrected chi connectivity index (χ4v) is 4.42. The van der Waals surface area contributed by atoms with Crippen LogP contribution < -0.4 is 14.8 Å². The summed E-state index contributed by atoms with van der Waals surface area (Å²) in [4.78, 5) is 28.8. The van der Waals surface area contributed by atoms with Gasteiger partial charge in [-0.2, -0.15) is 15.3 Å². The summed E-state index contributed by atoms with van der Waals surface area (Å²) >= 11 is 0. The van der Waals surface area contributed by atoms with Gasteiger partial charge in [-0.3, -0.25) is 15.0 Å². The lowest BCUT2D eigenvalue weighted by Crippen LogP contribution is -2.14. The molecule has 2 aliphatic carbocycles. The van der Waals surface area contributed by atoms with Gasteiger partial charge >= 0.3 is 5.97 Å². The molecule has 0 bridgehead atoms. The minimum absolute atomic E-state index is 0.186. The van der Waals surface area contributed by atoms with Crippen LogP contribution >= 0.6 is 0 Å². The van der Waals surface area contributed by atoms with E-state index >= 15 is 0 Å². The number of rotatable bonds is 7. The first-order valence-electron chi connectivity index (χ1n) is 13.5. The van der Waals surface area contributed by atoms with E-state index in [4.69, 9.17) is 14.2 Å². The summed E-state index contributed by atoms with van der Waals surface area (Å²) in [5.41, 5.74) is 3.75. The molecule has 0 aliphatic heterocycles. The van der Waals surface area contributed by atoms with Crippen LogP contribution in [-0.2, 0) is 4.74 Å². The fourth-order valence-electron chi connectivity index (χ4n) is 4.42. The van der Waals surface area contributed by atoms with Gasteiger partial charge in [-0.15, -0.1) is 0 Å². The van der Waals surface area contributed by atoms with Crippen LogP contribution in [0.3, 0.4) is 0 Å². The van der Waals surface area contributed by atoms with Gasteiger partial charge < -0.3 is 19.5 Å². The van der Waals surface area contributed by atoms with Crippen molar-refractivity contribution in [2.45, 2.75) is 37.9 Å². The van der Waals surface area contributed by atoms with E-state index in [2.05, 4.69) is 35.8 Å². The number of esters is 1. The highest BCUT2D eigenvalue weighted by atomic mass is 16.5. The molecule has 42 heavy (non-hydrogen) atoms. The lowest BCUT2D eigenvalue weighted by Gasteiger charge is -2.11. The highest BCUT2D eigenvalue weighted by Crippen LogP contribution is 2.33. The second kappa shape index (κ2) is 10.5. The lowest BCUT2D eigenvalue weighted by atomic mass is 10.1. The number of hydrogen-bond acceptors (Lipinski definition) is 9. The molecule has 6 aromatic rings. The van der Waals surface area contributed by atoms with Gasteiger partial charge in [0.1, 0.15) is 22.7 Å². The van der Waals surface area contributed by atoms with E-state index < -0.39 is 0 Å². The van der Waals surface area contributed by atoms with Gasteiger partial charge in [-0.05, 0) is 43.9 Å². The van der Waals surface area contributed by atoms with E-state index in [1.807, 2.05) is 6.07 Å². The number of nitrogens with zero attached hydrogens (tertiary/aromatic N) is 5. The van der Waals surface area contributed by atoms with E-state index in [0.29, 0.717) is 34.0 Å². The van der Waals surface area contributed by atoms with Crippen LogP contribution in [0.25, 0.3) is 27.5 Å². The van der Waals surface area contributed by atoms with Crippen molar-refractivity contribution >= 4 is 45.0 Å². The van der Waals surface area contributed by atoms with Crippen molar-refractivity contribution in [1.82, 2.24) is 35.0 Å². The summed E-state index contributed by atoms with van der Waals surface area (Å²) in [5.74, 6) is 0.473. The maximum absolute atomic E-state index is 12.9. The zero-order valence-electron chi connectivity index (χ0n) is 22.5. The molecule has 0 unspecified atom stereocenters. The van der Waals surface area contributed by atoms with E-state index in [1.165, 1.54) is 7.11 Å². The average molecular weight is 567 g/mol. The topological polar surface area (TPSA) is 161 Å². The van der Waals surface area contributed by atoms with Gasteiger partial charge in [0.25, 0.3) is 5.91 Å². The summed E-state index contributed by atoms with van der Waals surface area (Å²) in [6, 6.07) is 8.92. The molecule has 8 rings (SSSR count). The minimum atomic E-state index is -0.385. The molecule has 212 valence electrons. The Kier molecular flexibility index (Phi) is 6.38. The molecule has 0 radical (unpaired) electrons. The summed E-state index contributed by atoms with van der Waals surface area (Å²) in [6.45, 7) is 0. The Balaban J connectivity index is 0.000000148. The molecule has 2 saturated carbocycles. The predicted octanol–water partition coefficient (Wildman–Crippen LogP) is 4.29. The van der Waals surface area contributed by atoms with Crippen LogP contribution in [0, 0.1) is 0 Å². The van der Waals surface area contributed by atoms with Gasteiger partial charge in [-0.1, -0.05) is 0 Å². The largest absolute Gasteiger partial charge is 0.490 e. The van der Waals surface area contributed by atoms with Crippen LogP contribution in [0.5, 0.6) is 11.5 Å². The van der Waals surface area contributed by atoms with Crippen LogP contribution in [0.4, 0.5) is 5.69 Å². The first-order chi connectivity index (χ1) is 20.6. The number of aromatic amines is 2. The van der Waals surface area contributed by atoms with Crippen molar-refractivity contribution in [2.75, 3.05) is 12.4 Å². The smallest absolute Gasteiger partial charge is 0.341 e. The Morgan fingerprint density at radius 2 is 1.50 bits per heavy atom. The Bertz CT molecular complexity index is 1930. The lowest BCUT2D eigenvalue weighted by molar-refractivity contribution is 0.0595. The Hall–Kier alpha value is -5.46. The van der Waals surface area contributed by atoms with Crippen molar-refractivity contribution in [3.05, 3.63) is 72.4 Å². The molecule has 2 aliphatic rings. The Labute approximate surface area is 238 Å². The molecule has 2 aromatic carbocycles. The quantitative estimate of drug-likeness (QED) is 0.239. The number of benzene rings is 2. The maximum atomic E-state index is 12.9. The molecule has 3 N–H and O–H groups in total. The fraction of sp³-hybridized carbons (Fsp3) is 0.241. The summed E-state index contributed by atoms with van der Waals surface area (Å²) < 4.78 is 18.0. The zero-order chi connectivity index (χ0) is 28.6. The van der Waals surface area contributed by atoms with Crippen LogP contribution in [0.15, 0.2) is 61.3 Å². The monoisotopic (exact) mass is 566 g/mol. The summed E-state index contributed by atoms with van der Waals surface area (Å²) in [5, 5.41) is 22.5. The standard InChI is InChI=1S/C17H14N6O2.C12H12N2O3/c24-17(21-14-9-20-23-5-1-4-18-16(14)23)12-6-10-8-19-22-13(10)7-15(12)25-11-2-3-11;1-16-12(15)9-4-7-6-13-14-10(7)5-11(9)17-8-2-3-8/h1,4-9,11H,2-3H2,(H,19,22)(H,21,24);4-6,8H,2-3H2,1H3,(H,13,14). The number of H-pyrrole nitrogens is 2. The normalized spacial score (nSPS) is 14.4. The van der Waals surface area contributed by atoms with E-state index in [1.54, 1.807) is 59.8 Å². The maximum Gasteiger partial charge on any atom is 0.341 e. The second-order valence-corrected chi connectivity index (χ2v) is 10.1. The Morgan fingerprint density at radius 1 is 0.881 bits per heavy atom. The minimum Gasteiger partial charge on any atom is -0.490 e. The van der Waals surface area contributed by atoms with Gasteiger partial charge in [0.05, 0.1) is 54.5 Å². The van der Waals surface area contributed by atoms with Crippen molar-refractivity contribution in [2.24, 2.45) is 0 Å². The number of fused-ring (bicyclic) bond motifs is 3. The van der Waals surface area contributed by atoms with Gasteiger partial charge in [-0.25, -0.2) is 14.3 Å². The average Bonchev–Trinajstić information content (AvgIpc) is 3.85. The number of amides is 1. The van der Waals surface area contributed by atoms with Crippen molar-refractivity contribution in [1.29, 1.82) is 0 Å². The Morgan fingerprint density at radius 3 is 2.12 bits per heavy atom. The van der Waals surface area contributed by atoms with Crippen molar-refractivity contribution < 1.29 is 23.8 Å². The van der Waals surface area contributed by atoms with Gasteiger partial charge in [0.2, 0.25) is 0 Å². The number of hydrogen-bond donors (Lipinski definition) is 3. The van der Waals surface area contributed by atoms with Crippen molar-refractivity contribution in [3.63, 3.8) is 0 Å². The summed E-state index contributed by atoms with van der Waals surface area (Å²) in [7, 11) is 1.36. The van der Waals surface area contributed by atoms with Gasteiger partial charge in [0.15, 0.2) is 5.65 Å². The molecular weight excluding hydrogens is 540 g/mol. The molecule has 0 spiro atoms. The third-order valence-electron chi connectivity index (χ3n) is 6.89. The first kappa shape index (κ1) is 25.5. The van der Waals surface area contributed by atoms with E-state index in [9.17, 15) is 9.59 Å². The van der Waals surface area contributed by atoms with Crippen LogP contribution in [0.1, 0.15) is 46.4 Å². The second-order valence-electron chi connectivity index (χ2n) is 10.1. The molecule has 13 nitrogen and oxygen atoms in total. The number of nitrogens with one attached hydrogen (secondary N) is 3. The predicted molar refractivity (Wildman–Crippen MR) is 152 cm³/mol.